The van der Waals surface area contributed by atoms with Gasteiger partial charge in [-0.1, -0.05) is 13.3 Å². The van der Waals surface area contributed by atoms with Gasteiger partial charge in [0.15, 0.2) is 0 Å². The van der Waals surface area contributed by atoms with Gasteiger partial charge in [-0.25, -0.2) is 0 Å². The predicted molar refractivity (Wildman–Crippen MR) is 87.6 cm³/mol. The normalized spacial score (nSPS) is 36.6. The van der Waals surface area contributed by atoms with Crippen LogP contribution in [0.1, 0.15) is 65.2 Å². The van der Waals surface area contributed by atoms with Crippen LogP contribution in [-0.2, 0) is 4.74 Å². The molecule has 0 amide bonds. The van der Waals surface area contributed by atoms with E-state index in [1.807, 2.05) is 0 Å². The van der Waals surface area contributed by atoms with Crippen molar-refractivity contribution in [3.8, 4) is 0 Å². The van der Waals surface area contributed by atoms with Crippen molar-refractivity contribution >= 4 is 0 Å². The van der Waals surface area contributed by atoms with Gasteiger partial charge in [0, 0.05) is 37.4 Å². The fourth-order valence-electron chi connectivity index (χ4n) is 5.04. The average Bonchev–Trinajstić information content (AvgIpc) is 2.52. The molecular formula is C18H34N2O. The van der Waals surface area contributed by atoms with Crippen LogP contribution in [0.2, 0.25) is 0 Å². The zero-order valence-electron chi connectivity index (χ0n) is 14.0. The van der Waals surface area contributed by atoms with E-state index in [0.717, 1.165) is 43.3 Å². The van der Waals surface area contributed by atoms with E-state index in [0.29, 0.717) is 0 Å². The van der Waals surface area contributed by atoms with Gasteiger partial charge in [-0.15, -0.1) is 0 Å². The summed E-state index contributed by atoms with van der Waals surface area (Å²) in [5, 5.41) is 3.79. The molecule has 3 aliphatic rings. The topological polar surface area (TPSA) is 24.5 Å². The monoisotopic (exact) mass is 294 g/mol. The van der Waals surface area contributed by atoms with E-state index in [2.05, 4.69) is 24.1 Å². The third-order valence-corrected chi connectivity index (χ3v) is 6.13. The summed E-state index contributed by atoms with van der Waals surface area (Å²) in [6.07, 6.45) is 10.9. The molecule has 0 saturated carbocycles. The van der Waals surface area contributed by atoms with Gasteiger partial charge >= 0.3 is 0 Å². The van der Waals surface area contributed by atoms with E-state index in [1.54, 1.807) is 0 Å². The van der Waals surface area contributed by atoms with Crippen LogP contribution in [0.15, 0.2) is 0 Å². The summed E-state index contributed by atoms with van der Waals surface area (Å²) in [4.78, 5) is 2.93. The third-order valence-electron chi connectivity index (χ3n) is 6.13. The maximum atomic E-state index is 5.56. The largest absolute Gasteiger partial charge is 0.381 e. The molecule has 2 bridgehead atoms. The lowest BCUT2D eigenvalue weighted by molar-refractivity contribution is -0.0455. The summed E-state index contributed by atoms with van der Waals surface area (Å²) in [6, 6.07) is 3.21. The molecule has 3 rings (SSSR count). The van der Waals surface area contributed by atoms with Crippen molar-refractivity contribution in [1.82, 2.24) is 10.2 Å². The molecule has 0 aromatic rings. The van der Waals surface area contributed by atoms with Crippen LogP contribution >= 0.6 is 0 Å². The Kier molecular flexibility index (Phi) is 5.58. The molecule has 3 unspecified atom stereocenters. The highest BCUT2D eigenvalue weighted by atomic mass is 16.5. The first-order valence-electron chi connectivity index (χ1n) is 9.38. The number of hydrogen-bond donors (Lipinski definition) is 1. The minimum Gasteiger partial charge on any atom is -0.381 e. The zero-order chi connectivity index (χ0) is 14.7. The maximum absolute atomic E-state index is 5.56. The molecule has 3 atom stereocenters. The molecule has 3 nitrogen and oxygen atoms in total. The minimum atomic E-state index is 0.760. The van der Waals surface area contributed by atoms with Gasteiger partial charge in [0.25, 0.3) is 0 Å². The lowest BCUT2D eigenvalue weighted by Gasteiger charge is -2.53. The first-order chi connectivity index (χ1) is 10.3. The quantitative estimate of drug-likeness (QED) is 0.843. The van der Waals surface area contributed by atoms with Crippen molar-refractivity contribution in [2.75, 3.05) is 19.8 Å². The zero-order valence-corrected chi connectivity index (χ0v) is 14.0. The van der Waals surface area contributed by atoms with Crippen LogP contribution in [0.3, 0.4) is 0 Å². The third kappa shape index (κ3) is 3.62. The van der Waals surface area contributed by atoms with Crippen LogP contribution < -0.4 is 5.32 Å². The molecular weight excluding hydrogens is 260 g/mol. The summed E-state index contributed by atoms with van der Waals surface area (Å²) in [5.41, 5.74) is 0. The highest BCUT2D eigenvalue weighted by molar-refractivity contribution is 4.98. The molecule has 3 heterocycles. The molecule has 0 aliphatic carbocycles. The Hall–Kier alpha value is -0.120. The van der Waals surface area contributed by atoms with E-state index >= 15 is 0 Å². The Bertz CT molecular complexity index is 302. The SMILES string of the molecule is CCCNC1CC2CCCC(C1)N2C(C)C1CCOCC1. The van der Waals surface area contributed by atoms with Gasteiger partial charge in [0.1, 0.15) is 0 Å². The summed E-state index contributed by atoms with van der Waals surface area (Å²) < 4.78 is 5.56. The van der Waals surface area contributed by atoms with Gasteiger partial charge in [-0.05, 0) is 64.3 Å². The molecule has 3 saturated heterocycles. The first kappa shape index (κ1) is 15.8. The van der Waals surface area contributed by atoms with E-state index in [-0.39, 0.29) is 0 Å². The second-order valence-corrected chi connectivity index (χ2v) is 7.50. The Morgan fingerprint density at radius 3 is 2.38 bits per heavy atom. The lowest BCUT2D eigenvalue weighted by Crippen LogP contribution is -2.60. The molecule has 0 radical (unpaired) electrons. The van der Waals surface area contributed by atoms with Gasteiger partial charge in [-0.2, -0.15) is 0 Å². The van der Waals surface area contributed by atoms with Gasteiger partial charge in [0.05, 0.1) is 0 Å². The van der Waals surface area contributed by atoms with Crippen molar-refractivity contribution in [2.45, 2.75) is 89.4 Å². The molecule has 3 fully saturated rings. The number of rotatable bonds is 5. The highest BCUT2D eigenvalue weighted by Crippen LogP contribution is 2.38. The summed E-state index contributed by atoms with van der Waals surface area (Å²) in [5.74, 6) is 0.863. The second kappa shape index (κ2) is 7.43. The number of fused-ring (bicyclic) bond motifs is 2. The number of hydrogen-bond acceptors (Lipinski definition) is 3. The van der Waals surface area contributed by atoms with Crippen molar-refractivity contribution in [3.05, 3.63) is 0 Å². The fourth-order valence-corrected chi connectivity index (χ4v) is 5.04. The van der Waals surface area contributed by atoms with Crippen LogP contribution in [-0.4, -0.2) is 48.8 Å². The molecule has 0 aromatic heterocycles. The van der Waals surface area contributed by atoms with Crippen LogP contribution in [0, 0.1) is 5.92 Å². The summed E-state index contributed by atoms with van der Waals surface area (Å²) >= 11 is 0. The number of nitrogens with one attached hydrogen (secondary N) is 1. The Balaban J connectivity index is 1.62. The van der Waals surface area contributed by atoms with E-state index in [9.17, 15) is 0 Å². The van der Waals surface area contributed by atoms with Gasteiger partial charge in [0.2, 0.25) is 0 Å². The average molecular weight is 294 g/mol. The van der Waals surface area contributed by atoms with Crippen molar-refractivity contribution in [3.63, 3.8) is 0 Å². The predicted octanol–water partition coefficient (Wildman–Crippen LogP) is 3.19. The minimum absolute atomic E-state index is 0.760. The Morgan fingerprint density at radius 1 is 1.10 bits per heavy atom. The molecule has 1 N–H and O–H groups in total. The number of piperidine rings is 2. The highest BCUT2D eigenvalue weighted by Gasteiger charge is 2.42. The van der Waals surface area contributed by atoms with Gasteiger partial charge in [-0.3, -0.25) is 4.90 Å². The molecule has 0 aromatic carbocycles. The molecule has 3 aliphatic heterocycles. The van der Waals surface area contributed by atoms with E-state index in [4.69, 9.17) is 4.74 Å². The van der Waals surface area contributed by atoms with Crippen LogP contribution in [0.5, 0.6) is 0 Å². The standard InChI is InChI=1S/C18H34N2O/c1-3-9-19-16-12-17-5-4-6-18(13-16)20(17)14(2)15-7-10-21-11-8-15/h14-19H,3-13H2,1-2H3. The number of ether oxygens (including phenoxy) is 1. The lowest BCUT2D eigenvalue weighted by atomic mass is 9.78. The van der Waals surface area contributed by atoms with E-state index in [1.165, 1.54) is 57.9 Å². The Morgan fingerprint density at radius 2 is 1.76 bits per heavy atom. The first-order valence-corrected chi connectivity index (χ1v) is 9.38. The molecule has 122 valence electrons. The molecule has 0 spiro atoms. The van der Waals surface area contributed by atoms with E-state index < -0.39 is 0 Å². The second-order valence-electron chi connectivity index (χ2n) is 7.50. The maximum Gasteiger partial charge on any atom is 0.0469 e. The number of nitrogens with zero attached hydrogens (tertiary/aromatic N) is 1. The molecule has 21 heavy (non-hydrogen) atoms. The fraction of sp³-hybridized carbons (Fsp3) is 1.00. The summed E-state index contributed by atoms with van der Waals surface area (Å²) in [6.45, 7) is 7.94. The van der Waals surface area contributed by atoms with Crippen molar-refractivity contribution < 1.29 is 4.74 Å². The summed E-state index contributed by atoms with van der Waals surface area (Å²) in [7, 11) is 0. The Labute approximate surface area is 130 Å². The van der Waals surface area contributed by atoms with Crippen LogP contribution in [0.25, 0.3) is 0 Å². The van der Waals surface area contributed by atoms with Crippen molar-refractivity contribution in [1.29, 1.82) is 0 Å². The smallest absolute Gasteiger partial charge is 0.0469 e. The van der Waals surface area contributed by atoms with Crippen LogP contribution in [0.4, 0.5) is 0 Å². The van der Waals surface area contributed by atoms with Gasteiger partial charge < -0.3 is 10.1 Å². The van der Waals surface area contributed by atoms with Crippen molar-refractivity contribution in [2.24, 2.45) is 5.92 Å². The molecule has 3 heteroatoms.